The molecule has 0 saturated carbocycles. The first-order valence-corrected chi connectivity index (χ1v) is 6.78. The highest BCUT2D eigenvalue weighted by Crippen LogP contribution is 2.12. The number of hydrogen-bond donors (Lipinski definition) is 1. The van der Waals surface area contributed by atoms with E-state index in [1.54, 1.807) is 7.11 Å². The Morgan fingerprint density at radius 3 is 2.33 bits per heavy atom. The highest BCUT2D eigenvalue weighted by atomic mass is 16.5. The minimum Gasteiger partial charge on any atom is -0.497 e. The third kappa shape index (κ3) is 3.72. The first kappa shape index (κ1) is 13.4. The molecule has 0 aliphatic carbocycles. The van der Waals surface area contributed by atoms with Crippen molar-refractivity contribution >= 4 is 0 Å². The molecule has 1 saturated heterocycles. The Bertz CT molecular complexity index is 353. The zero-order valence-corrected chi connectivity index (χ0v) is 11.6. The highest BCUT2D eigenvalue weighted by Gasteiger charge is 2.20. The van der Waals surface area contributed by atoms with Crippen molar-refractivity contribution in [3.8, 4) is 5.75 Å². The van der Waals surface area contributed by atoms with Crippen LogP contribution in [0.4, 0.5) is 0 Å². The van der Waals surface area contributed by atoms with Crippen molar-refractivity contribution in [3.05, 3.63) is 29.8 Å². The van der Waals surface area contributed by atoms with Crippen molar-refractivity contribution in [2.45, 2.75) is 32.4 Å². The molecule has 2 atom stereocenters. The summed E-state index contributed by atoms with van der Waals surface area (Å²) in [4.78, 5) is 2.55. The molecule has 18 heavy (non-hydrogen) atoms. The van der Waals surface area contributed by atoms with E-state index < -0.39 is 0 Å². The maximum absolute atomic E-state index is 5.17. The molecule has 1 N–H and O–H groups in total. The van der Waals surface area contributed by atoms with Gasteiger partial charge in [0, 0.05) is 31.7 Å². The fourth-order valence-electron chi connectivity index (χ4n) is 2.70. The molecule has 1 aromatic carbocycles. The van der Waals surface area contributed by atoms with E-state index in [9.17, 15) is 0 Å². The maximum atomic E-state index is 5.17. The van der Waals surface area contributed by atoms with Gasteiger partial charge in [0.25, 0.3) is 0 Å². The molecule has 0 bridgehead atoms. The molecule has 100 valence electrons. The molecule has 3 nitrogen and oxygen atoms in total. The molecule has 2 rings (SSSR count). The van der Waals surface area contributed by atoms with E-state index in [0.29, 0.717) is 12.1 Å². The van der Waals surface area contributed by atoms with Crippen LogP contribution in [-0.4, -0.2) is 43.7 Å². The molecule has 0 aromatic heterocycles. The molecular formula is C15H24N2O. The first-order valence-electron chi connectivity index (χ1n) is 6.78. The van der Waals surface area contributed by atoms with Crippen LogP contribution < -0.4 is 10.1 Å². The lowest BCUT2D eigenvalue weighted by molar-refractivity contribution is 0.175. The minimum atomic E-state index is 0.601. The Morgan fingerprint density at radius 2 is 1.78 bits per heavy atom. The first-order chi connectivity index (χ1) is 8.67. The van der Waals surface area contributed by atoms with Gasteiger partial charge < -0.3 is 10.1 Å². The summed E-state index contributed by atoms with van der Waals surface area (Å²) in [5.41, 5.74) is 1.38. The van der Waals surface area contributed by atoms with Crippen molar-refractivity contribution in [1.82, 2.24) is 10.2 Å². The van der Waals surface area contributed by atoms with Crippen LogP contribution >= 0.6 is 0 Å². The molecule has 1 aromatic rings. The average Bonchev–Trinajstić information content (AvgIpc) is 2.36. The monoisotopic (exact) mass is 248 g/mol. The Morgan fingerprint density at radius 1 is 1.17 bits per heavy atom. The standard InChI is InChI=1S/C15H24N2O/c1-12-10-17(11-13(2)16-12)9-8-14-4-6-15(18-3)7-5-14/h4-7,12-13,16H,8-11H2,1-3H3. The van der Waals surface area contributed by atoms with Crippen LogP contribution in [0.1, 0.15) is 19.4 Å². The van der Waals surface area contributed by atoms with Crippen LogP contribution in [0.5, 0.6) is 5.75 Å². The molecule has 1 fully saturated rings. The SMILES string of the molecule is COc1ccc(CCN2CC(C)NC(C)C2)cc1. The van der Waals surface area contributed by atoms with Gasteiger partial charge in [-0.3, -0.25) is 4.90 Å². The van der Waals surface area contributed by atoms with Crippen molar-refractivity contribution in [2.24, 2.45) is 0 Å². The van der Waals surface area contributed by atoms with E-state index >= 15 is 0 Å². The van der Waals surface area contributed by atoms with Gasteiger partial charge in [-0.25, -0.2) is 0 Å². The van der Waals surface area contributed by atoms with Gasteiger partial charge in [0.05, 0.1) is 7.11 Å². The maximum Gasteiger partial charge on any atom is 0.118 e. The van der Waals surface area contributed by atoms with Gasteiger partial charge >= 0.3 is 0 Å². The summed E-state index contributed by atoms with van der Waals surface area (Å²) in [5, 5.41) is 3.56. The number of benzene rings is 1. The van der Waals surface area contributed by atoms with Crippen molar-refractivity contribution in [1.29, 1.82) is 0 Å². The topological polar surface area (TPSA) is 24.5 Å². The van der Waals surface area contributed by atoms with Gasteiger partial charge in [0.1, 0.15) is 5.75 Å². The van der Waals surface area contributed by atoms with E-state index in [4.69, 9.17) is 4.74 Å². The van der Waals surface area contributed by atoms with Crippen molar-refractivity contribution < 1.29 is 4.74 Å². The number of piperazine rings is 1. The van der Waals surface area contributed by atoms with E-state index in [0.717, 1.165) is 31.8 Å². The number of methoxy groups -OCH3 is 1. The Labute approximate surface area is 110 Å². The second-order valence-corrected chi connectivity index (χ2v) is 5.33. The summed E-state index contributed by atoms with van der Waals surface area (Å²) in [7, 11) is 1.71. The van der Waals surface area contributed by atoms with E-state index in [-0.39, 0.29) is 0 Å². The molecule has 1 aliphatic rings. The Balaban J connectivity index is 1.83. The van der Waals surface area contributed by atoms with E-state index in [2.05, 4.69) is 36.2 Å². The highest BCUT2D eigenvalue weighted by molar-refractivity contribution is 5.27. The van der Waals surface area contributed by atoms with Crippen molar-refractivity contribution in [3.63, 3.8) is 0 Å². The van der Waals surface area contributed by atoms with Crippen molar-refractivity contribution in [2.75, 3.05) is 26.7 Å². The number of ether oxygens (including phenoxy) is 1. The van der Waals surface area contributed by atoms with Gasteiger partial charge in [-0.05, 0) is 38.0 Å². The fraction of sp³-hybridized carbons (Fsp3) is 0.600. The summed E-state index contributed by atoms with van der Waals surface area (Å²) < 4.78 is 5.17. The summed E-state index contributed by atoms with van der Waals surface area (Å²) in [6, 6.07) is 9.60. The molecule has 2 unspecified atom stereocenters. The second kappa shape index (κ2) is 6.21. The zero-order chi connectivity index (χ0) is 13.0. The number of rotatable bonds is 4. The van der Waals surface area contributed by atoms with E-state index in [1.807, 2.05) is 12.1 Å². The van der Waals surface area contributed by atoms with Crippen LogP contribution in [-0.2, 0) is 6.42 Å². The number of nitrogens with zero attached hydrogens (tertiary/aromatic N) is 1. The van der Waals surface area contributed by atoms with Crippen LogP contribution in [0.25, 0.3) is 0 Å². The molecule has 1 heterocycles. The van der Waals surface area contributed by atoms with Gasteiger partial charge in [-0.1, -0.05) is 12.1 Å². The van der Waals surface area contributed by atoms with Crippen LogP contribution in [0.15, 0.2) is 24.3 Å². The zero-order valence-electron chi connectivity index (χ0n) is 11.6. The third-order valence-corrected chi connectivity index (χ3v) is 3.51. The Hall–Kier alpha value is -1.06. The largest absolute Gasteiger partial charge is 0.497 e. The fourth-order valence-corrected chi connectivity index (χ4v) is 2.70. The minimum absolute atomic E-state index is 0.601. The summed E-state index contributed by atoms with van der Waals surface area (Å²) in [5.74, 6) is 0.933. The summed E-state index contributed by atoms with van der Waals surface area (Å²) >= 11 is 0. The lowest BCUT2D eigenvalue weighted by atomic mass is 10.1. The van der Waals surface area contributed by atoms with Crippen LogP contribution in [0.2, 0.25) is 0 Å². The van der Waals surface area contributed by atoms with Gasteiger partial charge in [0.2, 0.25) is 0 Å². The normalized spacial score (nSPS) is 25.1. The van der Waals surface area contributed by atoms with Gasteiger partial charge in [0.15, 0.2) is 0 Å². The lowest BCUT2D eigenvalue weighted by Gasteiger charge is -2.36. The van der Waals surface area contributed by atoms with Crippen LogP contribution in [0, 0.1) is 0 Å². The molecule has 0 spiro atoms. The predicted molar refractivity (Wildman–Crippen MR) is 75.2 cm³/mol. The van der Waals surface area contributed by atoms with E-state index in [1.165, 1.54) is 5.56 Å². The predicted octanol–water partition coefficient (Wildman–Crippen LogP) is 1.92. The lowest BCUT2D eigenvalue weighted by Crippen LogP contribution is -2.54. The molecular weight excluding hydrogens is 224 g/mol. The quantitative estimate of drug-likeness (QED) is 0.881. The molecule has 0 radical (unpaired) electrons. The molecule has 0 amide bonds. The van der Waals surface area contributed by atoms with Crippen LogP contribution in [0.3, 0.4) is 0 Å². The van der Waals surface area contributed by atoms with Gasteiger partial charge in [-0.2, -0.15) is 0 Å². The van der Waals surface area contributed by atoms with Gasteiger partial charge in [-0.15, -0.1) is 0 Å². The summed E-state index contributed by atoms with van der Waals surface area (Å²) in [6.07, 6.45) is 1.11. The molecule has 1 aliphatic heterocycles. The number of nitrogens with one attached hydrogen (secondary N) is 1. The second-order valence-electron chi connectivity index (χ2n) is 5.33. The Kier molecular flexibility index (Phi) is 4.61. The summed E-state index contributed by atoms with van der Waals surface area (Å²) in [6.45, 7) is 7.97. The molecule has 3 heteroatoms. The third-order valence-electron chi connectivity index (χ3n) is 3.51. The average molecular weight is 248 g/mol. The number of hydrogen-bond acceptors (Lipinski definition) is 3. The smallest absolute Gasteiger partial charge is 0.118 e.